The molecule has 0 spiro atoms. The first-order chi connectivity index (χ1) is 15.4. The SMILES string of the molecule is CCOc1ncc(C(=O)N2CCC(NC(=O)c3ccccc3Cl)c3c2cnn3C)cc1Cl. The third-order valence-corrected chi connectivity index (χ3v) is 5.83. The Labute approximate surface area is 195 Å². The number of rotatable bonds is 5. The number of benzene rings is 1. The second-order valence-corrected chi connectivity index (χ2v) is 8.05. The molecule has 32 heavy (non-hydrogen) atoms. The fraction of sp³-hybridized carbons (Fsp3) is 0.273. The van der Waals surface area contributed by atoms with E-state index >= 15 is 0 Å². The minimum atomic E-state index is -0.327. The average molecular weight is 474 g/mol. The predicted molar refractivity (Wildman–Crippen MR) is 122 cm³/mol. The topological polar surface area (TPSA) is 89.3 Å². The van der Waals surface area contributed by atoms with Crippen LogP contribution in [0.4, 0.5) is 5.69 Å². The molecular weight excluding hydrogens is 453 g/mol. The third-order valence-electron chi connectivity index (χ3n) is 5.23. The van der Waals surface area contributed by atoms with E-state index in [4.69, 9.17) is 27.9 Å². The van der Waals surface area contributed by atoms with Crippen LogP contribution in [-0.2, 0) is 7.05 Å². The molecule has 0 saturated carbocycles. The maximum Gasteiger partial charge on any atom is 0.259 e. The molecule has 2 aromatic heterocycles. The highest BCUT2D eigenvalue weighted by Crippen LogP contribution is 2.35. The normalized spacial score (nSPS) is 15.2. The Hall–Kier alpha value is -3.10. The summed E-state index contributed by atoms with van der Waals surface area (Å²) < 4.78 is 7.00. The number of halogens is 2. The van der Waals surface area contributed by atoms with E-state index < -0.39 is 0 Å². The zero-order valence-corrected chi connectivity index (χ0v) is 19.0. The summed E-state index contributed by atoms with van der Waals surface area (Å²) in [6.07, 6.45) is 3.57. The minimum Gasteiger partial charge on any atom is -0.477 e. The van der Waals surface area contributed by atoms with Crippen LogP contribution in [0.1, 0.15) is 45.8 Å². The van der Waals surface area contributed by atoms with Crippen molar-refractivity contribution in [2.24, 2.45) is 7.05 Å². The lowest BCUT2D eigenvalue weighted by Gasteiger charge is -2.32. The number of amides is 2. The molecule has 8 nitrogen and oxygen atoms in total. The van der Waals surface area contributed by atoms with Crippen LogP contribution >= 0.6 is 23.2 Å². The molecule has 4 rings (SSSR count). The summed E-state index contributed by atoms with van der Waals surface area (Å²) in [5.41, 5.74) is 2.09. The summed E-state index contributed by atoms with van der Waals surface area (Å²) >= 11 is 12.4. The van der Waals surface area contributed by atoms with Gasteiger partial charge in [-0.2, -0.15) is 5.10 Å². The van der Waals surface area contributed by atoms with E-state index in [0.29, 0.717) is 41.4 Å². The average Bonchev–Trinajstić information content (AvgIpc) is 3.17. The van der Waals surface area contributed by atoms with Crippen molar-refractivity contribution in [3.63, 3.8) is 0 Å². The molecule has 0 bridgehead atoms. The van der Waals surface area contributed by atoms with E-state index in [1.165, 1.54) is 6.20 Å². The van der Waals surface area contributed by atoms with Gasteiger partial charge >= 0.3 is 0 Å². The third kappa shape index (κ3) is 4.16. The highest BCUT2D eigenvalue weighted by molar-refractivity contribution is 6.33. The Morgan fingerprint density at radius 1 is 1.22 bits per heavy atom. The number of aromatic nitrogens is 3. The van der Waals surface area contributed by atoms with Gasteiger partial charge in [0.05, 0.1) is 46.4 Å². The van der Waals surface area contributed by atoms with Crippen LogP contribution in [-0.4, -0.2) is 39.7 Å². The number of hydrogen-bond donors (Lipinski definition) is 1. The summed E-state index contributed by atoms with van der Waals surface area (Å²) in [5.74, 6) is -0.253. The number of carbonyl (C=O) groups excluding carboxylic acids is 2. The molecule has 0 aliphatic carbocycles. The van der Waals surface area contributed by atoms with Gasteiger partial charge in [-0.15, -0.1) is 0 Å². The molecule has 2 amide bonds. The summed E-state index contributed by atoms with van der Waals surface area (Å²) in [6, 6.07) is 8.08. The molecule has 0 fully saturated rings. The van der Waals surface area contributed by atoms with Crippen molar-refractivity contribution < 1.29 is 14.3 Å². The van der Waals surface area contributed by atoms with E-state index in [1.807, 2.05) is 6.92 Å². The lowest BCUT2D eigenvalue weighted by atomic mass is 10.0. The highest BCUT2D eigenvalue weighted by Gasteiger charge is 2.34. The van der Waals surface area contributed by atoms with Crippen molar-refractivity contribution in [2.45, 2.75) is 19.4 Å². The number of aryl methyl sites for hydroxylation is 1. The van der Waals surface area contributed by atoms with Crippen molar-refractivity contribution in [1.82, 2.24) is 20.1 Å². The van der Waals surface area contributed by atoms with Gasteiger partial charge in [0.25, 0.3) is 11.8 Å². The first-order valence-electron chi connectivity index (χ1n) is 10.1. The van der Waals surface area contributed by atoms with E-state index in [9.17, 15) is 9.59 Å². The molecule has 1 N–H and O–H groups in total. The fourth-order valence-corrected chi connectivity index (χ4v) is 4.18. The quantitative estimate of drug-likeness (QED) is 0.603. The number of fused-ring (bicyclic) bond motifs is 1. The molecule has 1 aliphatic heterocycles. The number of nitrogens with zero attached hydrogens (tertiary/aromatic N) is 4. The number of pyridine rings is 1. The number of anilines is 1. The Morgan fingerprint density at radius 3 is 2.72 bits per heavy atom. The summed E-state index contributed by atoms with van der Waals surface area (Å²) in [5, 5.41) is 7.98. The lowest BCUT2D eigenvalue weighted by molar-refractivity contribution is 0.0931. The maximum absolute atomic E-state index is 13.2. The first-order valence-corrected chi connectivity index (χ1v) is 10.8. The number of carbonyl (C=O) groups is 2. The van der Waals surface area contributed by atoms with Crippen LogP contribution in [0.2, 0.25) is 10.0 Å². The van der Waals surface area contributed by atoms with Gasteiger partial charge in [0, 0.05) is 19.8 Å². The van der Waals surface area contributed by atoms with Crippen LogP contribution in [0.15, 0.2) is 42.7 Å². The Bertz CT molecular complexity index is 1180. The van der Waals surface area contributed by atoms with Crippen molar-refractivity contribution >= 4 is 40.7 Å². The predicted octanol–water partition coefficient (Wildman–Crippen LogP) is 4.04. The molecule has 1 aliphatic rings. The zero-order chi connectivity index (χ0) is 22.8. The summed E-state index contributed by atoms with van der Waals surface area (Å²) in [4.78, 5) is 31.8. The molecular formula is C22H21Cl2N5O3. The van der Waals surface area contributed by atoms with Crippen molar-refractivity contribution in [3.05, 3.63) is 69.6 Å². The van der Waals surface area contributed by atoms with Gasteiger partial charge in [-0.1, -0.05) is 35.3 Å². The van der Waals surface area contributed by atoms with Crippen molar-refractivity contribution in [2.75, 3.05) is 18.1 Å². The van der Waals surface area contributed by atoms with Gasteiger partial charge in [0.15, 0.2) is 0 Å². The Balaban J connectivity index is 1.59. The highest BCUT2D eigenvalue weighted by atomic mass is 35.5. The molecule has 0 radical (unpaired) electrons. The van der Waals surface area contributed by atoms with E-state index in [1.54, 1.807) is 53.2 Å². The summed E-state index contributed by atoms with van der Waals surface area (Å²) in [6.45, 7) is 2.64. The molecule has 10 heteroatoms. The lowest BCUT2D eigenvalue weighted by Crippen LogP contribution is -2.41. The molecule has 166 valence electrons. The zero-order valence-electron chi connectivity index (χ0n) is 17.5. The minimum absolute atomic E-state index is 0.257. The van der Waals surface area contributed by atoms with Gasteiger partial charge in [-0.25, -0.2) is 4.98 Å². The van der Waals surface area contributed by atoms with E-state index in [-0.39, 0.29) is 28.8 Å². The number of hydrogen-bond acceptors (Lipinski definition) is 5. The van der Waals surface area contributed by atoms with Crippen LogP contribution in [0.25, 0.3) is 0 Å². The smallest absolute Gasteiger partial charge is 0.259 e. The number of ether oxygens (including phenoxy) is 1. The molecule has 0 saturated heterocycles. The largest absolute Gasteiger partial charge is 0.477 e. The van der Waals surface area contributed by atoms with Gasteiger partial charge in [-0.3, -0.25) is 14.3 Å². The maximum atomic E-state index is 13.2. The Morgan fingerprint density at radius 2 is 2.00 bits per heavy atom. The molecule has 3 aromatic rings. The van der Waals surface area contributed by atoms with Gasteiger partial charge in [0.1, 0.15) is 5.02 Å². The van der Waals surface area contributed by atoms with E-state index in [0.717, 1.165) is 5.69 Å². The first kappa shape index (κ1) is 22.1. The van der Waals surface area contributed by atoms with Crippen molar-refractivity contribution in [1.29, 1.82) is 0 Å². The molecule has 1 atom stereocenters. The van der Waals surface area contributed by atoms with Crippen LogP contribution in [0, 0.1) is 0 Å². The standard InChI is InChI=1S/C22H21Cl2N5O3/c1-3-32-21-16(24)10-13(11-25-21)22(31)29-9-8-17(19-18(29)12-26-28(19)2)27-20(30)14-6-4-5-7-15(14)23/h4-7,10-12,17H,3,8-9H2,1-2H3,(H,27,30). The number of nitrogens with one attached hydrogen (secondary N) is 1. The molecule has 3 heterocycles. The van der Waals surface area contributed by atoms with Crippen LogP contribution in [0.3, 0.4) is 0 Å². The second kappa shape index (κ2) is 9.18. The summed E-state index contributed by atoms with van der Waals surface area (Å²) in [7, 11) is 1.77. The molecule has 1 unspecified atom stereocenters. The van der Waals surface area contributed by atoms with Gasteiger partial charge in [-0.05, 0) is 31.5 Å². The monoisotopic (exact) mass is 473 g/mol. The second-order valence-electron chi connectivity index (χ2n) is 7.23. The van der Waals surface area contributed by atoms with E-state index in [2.05, 4.69) is 15.4 Å². The fourth-order valence-electron chi connectivity index (χ4n) is 3.74. The van der Waals surface area contributed by atoms with Gasteiger partial charge < -0.3 is 15.0 Å². The molecule has 1 aromatic carbocycles. The van der Waals surface area contributed by atoms with Crippen molar-refractivity contribution in [3.8, 4) is 5.88 Å². The van der Waals surface area contributed by atoms with Crippen LogP contribution < -0.4 is 15.0 Å². The van der Waals surface area contributed by atoms with Gasteiger partial charge in [0.2, 0.25) is 5.88 Å². The van der Waals surface area contributed by atoms with Crippen LogP contribution in [0.5, 0.6) is 5.88 Å². The Kier molecular flexibility index (Phi) is 6.34.